The Hall–Kier alpha value is -7.79. The van der Waals surface area contributed by atoms with E-state index in [4.69, 9.17) is 15.0 Å². The number of thiophene rings is 1. The van der Waals surface area contributed by atoms with E-state index in [1.807, 2.05) is 18.3 Å². The summed E-state index contributed by atoms with van der Waals surface area (Å²) in [6.45, 7) is 0. The van der Waals surface area contributed by atoms with Crippen LogP contribution in [0.1, 0.15) is 22.3 Å². The molecule has 3 aromatic heterocycles. The molecule has 0 N–H and O–H groups in total. The summed E-state index contributed by atoms with van der Waals surface area (Å²) in [5, 5.41) is 1.18. The highest BCUT2D eigenvalue weighted by molar-refractivity contribution is 7.26. The van der Waals surface area contributed by atoms with Crippen molar-refractivity contribution in [1.29, 1.82) is 0 Å². The molecule has 0 amide bonds. The minimum atomic E-state index is -0.524. The predicted molar refractivity (Wildman–Crippen MR) is 257 cm³/mol. The van der Waals surface area contributed by atoms with Gasteiger partial charge in [-0.3, -0.25) is 4.98 Å². The lowest BCUT2D eigenvalue weighted by atomic mass is 9.67. The summed E-state index contributed by atoms with van der Waals surface area (Å²) in [4.78, 5) is 15.6. The van der Waals surface area contributed by atoms with Crippen molar-refractivity contribution in [2.45, 2.75) is 5.41 Å². The first-order chi connectivity index (χ1) is 30.8. The van der Waals surface area contributed by atoms with Gasteiger partial charge in [-0.1, -0.05) is 194 Å². The second-order valence-corrected chi connectivity index (χ2v) is 16.9. The summed E-state index contributed by atoms with van der Waals surface area (Å²) in [5.74, 6) is 0.685. The van der Waals surface area contributed by atoms with Crippen molar-refractivity contribution in [3.63, 3.8) is 0 Å². The number of pyridine rings is 1. The Morgan fingerprint density at radius 3 is 1.76 bits per heavy atom. The molecule has 0 fully saturated rings. The van der Waals surface area contributed by atoms with E-state index in [2.05, 4.69) is 206 Å². The van der Waals surface area contributed by atoms with Crippen molar-refractivity contribution in [2.24, 2.45) is 0 Å². The molecule has 8 aromatic carbocycles. The summed E-state index contributed by atoms with van der Waals surface area (Å²) in [6.07, 6.45) is 1.95. The van der Waals surface area contributed by atoms with Crippen LogP contribution in [-0.2, 0) is 5.41 Å². The highest BCUT2D eigenvalue weighted by atomic mass is 32.1. The van der Waals surface area contributed by atoms with Gasteiger partial charge in [0.05, 0.1) is 27.0 Å². The number of hydrogen-bond donors (Lipinski definition) is 0. The number of hydrogen-bond acceptors (Lipinski definition) is 4. The molecule has 4 heteroatoms. The average Bonchev–Trinajstić information content (AvgIpc) is 3.89. The maximum Gasteiger partial charge on any atom is 0.160 e. The molecule has 0 saturated heterocycles. The number of nitrogens with zero attached hydrogens (tertiary/aromatic N) is 3. The van der Waals surface area contributed by atoms with E-state index in [9.17, 15) is 0 Å². The van der Waals surface area contributed by atoms with Gasteiger partial charge in [0.2, 0.25) is 0 Å². The van der Waals surface area contributed by atoms with Gasteiger partial charge >= 0.3 is 0 Å². The lowest BCUT2D eigenvalue weighted by Gasteiger charge is -2.34. The van der Waals surface area contributed by atoms with Crippen molar-refractivity contribution in [2.75, 3.05) is 0 Å². The fraction of sp³-hybridized carbons (Fsp3) is 0.0172. The third kappa shape index (κ3) is 5.68. The average molecular weight is 808 g/mol. The number of fused-ring (bicyclic) bond motifs is 6. The first-order valence-corrected chi connectivity index (χ1v) is 21.8. The van der Waals surface area contributed by atoms with Gasteiger partial charge in [0.25, 0.3) is 0 Å². The van der Waals surface area contributed by atoms with Gasteiger partial charge < -0.3 is 0 Å². The Morgan fingerprint density at radius 1 is 0.387 bits per heavy atom. The lowest BCUT2D eigenvalue weighted by Crippen LogP contribution is -2.28. The normalized spacial score (nSPS) is 12.6. The molecule has 0 unspecified atom stereocenters. The van der Waals surface area contributed by atoms with Crippen LogP contribution in [0.3, 0.4) is 0 Å². The Kier molecular flexibility index (Phi) is 8.58. The quantitative estimate of drug-likeness (QED) is 0.161. The van der Waals surface area contributed by atoms with E-state index in [0.717, 1.165) is 55.8 Å². The fourth-order valence-electron chi connectivity index (χ4n) is 9.77. The number of rotatable bonds is 7. The topological polar surface area (TPSA) is 38.7 Å². The van der Waals surface area contributed by atoms with Gasteiger partial charge in [-0.25, -0.2) is 9.97 Å². The van der Waals surface area contributed by atoms with Gasteiger partial charge in [-0.05, 0) is 74.3 Å². The van der Waals surface area contributed by atoms with Gasteiger partial charge in [-0.2, -0.15) is 0 Å². The molecule has 1 aliphatic carbocycles. The summed E-state index contributed by atoms with van der Waals surface area (Å²) >= 11 is 1.80. The van der Waals surface area contributed by atoms with E-state index < -0.39 is 5.41 Å². The second kappa shape index (κ2) is 14.7. The van der Waals surface area contributed by atoms with Crippen LogP contribution < -0.4 is 0 Å². The van der Waals surface area contributed by atoms with Crippen molar-refractivity contribution in [3.05, 3.63) is 247 Å². The maximum atomic E-state index is 5.46. The maximum absolute atomic E-state index is 5.46. The summed E-state index contributed by atoms with van der Waals surface area (Å²) in [7, 11) is 0. The molecule has 0 bridgehead atoms. The Morgan fingerprint density at radius 2 is 1.00 bits per heavy atom. The molecule has 290 valence electrons. The van der Waals surface area contributed by atoms with Gasteiger partial charge in [-0.15, -0.1) is 11.3 Å². The summed E-state index contributed by atoms with van der Waals surface area (Å²) < 4.78 is 2.41. The van der Waals surface area contributed by atoms with Gasteiger partial charge in [0.1, 0.15) is 0 Å². The van der Waals surface area contributed by atoms with Crippen molar-refractivity contribution in [1.82, 2.24) is 15.0 Å². The van der Waals surface area contributed by atoms with Gasteiger partial charge in [0.15, 0.2) is 5.82 Å². The SMILES string of the molecule is c1ccc(-c2cc(-c3cc(-c4ccnc5c4sc4ccccc45)ccc3-c3cccc4c3-c3ccccc3C4(c3ccccc3)c3ccccc3)nc(-c3ccccc3)n2)cc1. The highest BCUT2D eigenvalue weighted by Crippen LogP contribution is 2.59. The molecular weight excluding hydrogens is 771 g/mol. The molecule has 12 rings (SSSR count). The van der Waals surface area contributed by atoms with Crippen LogP contribution in [0.2, 0.25) is 0 Å². The highest BCUT2D eigenvalue weighted by Gasteiger charge is 2.46. The van der Waals surface area contributed by atoms with Crippen LogP contribution in [-0.4, -0.2) is 15.0 Å². The van der Waals surface area contributed by atoms with Gasteiger partial charge in [0, 0.05) is 38.5 Å². The van der Waals surface area contributed by atoms with Crippen molar-refractivity contribution >= 4 is 31.6 Å². The Labute approximate surface area is 364 Å². The van der Waals surface area contributed by atoms with E-state index in [0.29, 0.717) is 5.82 Å². The minimum absolute atomic E-state index is 0.524. The standard InChI is InChI=1S/C58H37N3S/c1-5-18-38(19-6-1)51-37-52(61-57(60-51)39-20-7-2-8-21-39)48-36-40(43-34-35-59-55-47-27-14-16-31-53(47)62-56(43)55)32-33-44(48)45-28-17-30-50-54(45)46-26-13-15-29-49(46)58(50,41-22-9-3-10-23-41)42-24-11-4-12-25-42/h1-37H. The Bertz CT molecular complexity index is 3350. The first-order valence-electron chi connectivity index (χ1n) is 21.0. The molecular formula is C58H37N3S. The molecule has 0 atom stereocenters. The smallest absolute Gasteiger partial charge is 0.160 e. The molecule has 0 spiro atoms. The largest absolute Gasteiger partial charge is 0.255 e. The van der Waals surface area contributed by atoms with Crippen LogP contribution >= 0.6 is 11.3 Å². The molecule has 0 radical (unpaired) electrons. The number of benzene rings is 8. The number of aromatic nitrogens is 3. The zero-order chi connectivity index (χ0) is 41.0. The molecule has 3 heterocycles. The molecule has 0 aliphatic heterocycles. The van der Waals surface area contributed by atoms with E-state index in [1.54, 1.807) is 11.3 Å². The van der Waals surface area contributed by atoms with E-state index in [1.165, 1.54) is 48.2 Å². The zero-order valence-electron chi connectivity index (χ0n) is 33.6. The zero-order valence-corrected chi connectivity index (χ0v) is 34.4. The molecule has 62 heavy (non-hydrogen) atoms. The molecule has 1 aliphatic rings. The van der Waals surface area contributed by atoms with Crippen LogP contribution in [0.25, 0.3) is 87.6 Å². The van der Waals surface area contributed by atoms with Crippen molar-refractivity contribution < 1.29 is 0 Å². The molecule has 11 aromatic rings. The van der Waals surface area contributed by atoms with Crippen molar-refractivity contribution in [3.8, 4) is 67.3 Å². The lowest BCUT2D eigenvalue weighted by molar-refractivity contribution is 0.768. The first kappa shape index (κ1) is 36.1. The third-order valence-electron chi connectivity index (χ3n) is 12.5. The Balaban J connectivity index is 1.17. The van der Waals surface area contributed by atoms with E-state index >= 15 is 0 Å². The van der Waals surface area contributed by atoms with Crippen LogP contribution in [0.4, 0.5) is 0 Å². The predicted octanol–water partition coefficient (Wildman–Crippen LogP) is 14.9. The van der Waals surface area contributed by atoms with Crippen LogP contribution in [0.5, 0.6) is 0 Å². The van der Waals surface area contributed by atoms with Crippen LogP contribution in [0, 0.1) is 0 Å². The summed E-state index contributed by atoms with van der Waals surface area (Å²) in [6, 6.07) is 78.5. The van der Waals surface area contributed by atoms with Crippen LogP contribution in [0.15, 0.2) is 225 Å². The minimum Gasteiger partial charge on any atom is -0.255 e. The second-order valence-electron chi connectivity index (χ2n) is 15.8. The summed E-state index contributed by atoms with van der Waals surface area (Å²) in [5.41, 5.74) is 17.3. The third-order valence-corrected chi connectivity index (χ3v) is 13.7. The monoisotopic (exact) mass is 807 g/mol. The molecule has 3 nitrogen and oxygen atoms in total. The molecule has 0 saturated carbocycles. The fourth-order valence-corrected chi connectivity index (χ4v) is 11.0. The van der Waals surface area contributed by atoms with E-state index in [-0.39, 0.29) is 0 Å².